The number of hydrogen-bond acceptors (Lipinski definition) is 4. The third kappa shape index (κ3) is 12.5. The van der Waals surface area contributed by atoms with E-state index in [1.165, 1.54) is 203 Å². The number of thiophene rings is 2. The van der Waals surface area contributed by atoms with E-state index in [1.54, 1.807) is 41.2 Å². The highest BCUT2D eigenvalue weighted by Crippen LogP contribution is 2.56. The van der Waals surface area contributed by atoms with E-state index in [-0.39, 0.29) is 17.0 Å². The summed E-state index contributed by atoms with van der Waals surface area (Å²) >= 11 is 3.55. The molecule has 0 atom stereocenters. The minimum atomic E-state index is -0.316. The van der Waals surface area contributed by atoms with Gasteiger partial charge < -0.3 is 0 Å². The van der Waals surface area contributed by atoms with E-state index in [1.807, 2.05) is 11.3 Å². The molecule has 380 valence electrons. The van der Waals surface area contributed by atoms with Gasteiger partial charge in [0, 0.05) is 47.2 Å². The Labute approximate surface area is 443 Å². The molecule has 8 aromatic rings. The molecule has 73 heavy (non-hydrogen) atoms. The molecule has 1 aliphatic rings. The number of rotatable bonds is 27. The van der Waals surface area contributed by atoms with Crippen LogP contribution in [0.3, 0.4) is 0 Å². The van der Waals surface area contributed by atoms with Crippen LogP contribution in [-0.4, -0.2) is 9.97 Å². The summed E-state index contributed by atoms with van der Waals surface area (Å²) in [5, 5.41) is 0. The molecule has 0 unspecified atom stereocenters. The third-order valence-corrected chi connectivity index (χ3v) is 17.9. The molecular formula is C67H76F2N2S2. The van der Waals surface area contributed by atoms with Crippen molar-refractivity contribution in [1.82, 2.24) is 9.97 Å². The fraction of sp³-hybridized carbons (Fsp3) is 0.403. The highest BCUT2D eigenvalue weighted by atomic mass is 32.1. The normalized spacial score (nSPS) is 12.7. The first-order chi connectivity index (χ1) is 35.8. The summed E-state index contributed by atoms with van der Waals surface area (Å²) in [6, 6.07) is 40.8. The van der Waals surface area contributed by atoms with Crippen LogP contribution in [0.15, 0.2) is 121 Å². The lowest BCUT2D eigenvalue weighted by Gasteiger charge is -2.33. The maximum absolute atomic E-state index is 14.4. The van der Waals surface area contributed by atoms with Crippen LogP contribution in [0.4, 0.5) is 8.78 Å². The molecule has 0 bridgehead atoms. The van der Waals surface area contributed by atoms with Crippen LogP contribution in [0.2, 0.25) is 0 Å². The average Bonchev–Trinajstić information content (AvgIpc) is 4.15. The lowest BCUT2D eigenvalue weighted by Crippen LogP contribution is -2.25. The van der Waals surface area contributed by atoms with E-state index >= 15 is 0 Å². The second kappa shape index (κ2) is 25.3. The van der Waals surface area contributed by atoms with Crippen LogP contribution in [0.25, 0.3) is 76.0 Å². The van der Waals surface area contributed by atoms with E-state index in [4.69, 9.17) is 9.97 Å². The molecule has 9 rings (SSSR count). The summed E-state index contributed by atoms with van der Waals surface area (Å²) in [6.45, 7) is 9.01. The summed E-state index contributed by atoms with van der Waals surface area (Å²) in [5.41, 5.74) is 14.9. The van der Waals surface area contributed by atoms with Crippen molar-refractivity contribution < 1.29 is 8.78 Å². The number of unbranched alkanes of at least 4 members (excludes halogenated alkanes) is 18. The largest absolute Gasteiger partial charge is 0.243 e. The highest BCUT2D eigenvalue weighted by molar-refractivity contribution is 7.19. The Morgan fingerprint density at radius 2 is 0.781 bits per heavy atom. The molecule has 0 amide bonds. The van der Waals surface area contributed by atoms with E-state index in [2.05, 4.69) is 100 Å². The smallest absolute Gasteiger partial charge is 0.123 e. The molecule has 0 aliphatic heterocycles. The van der Waals surface area contributed by atoms with Crippen LogP contribution < -0.4 is 0 Å². The zero-order valence-corrected chi connectivity index (χ0v) is 45.7. The molecule has 2 nitrogen and oxygen atoms in total. The molecular weight excluding hydrogens is 935 g/mol. The van der Waals surface area contributed by atoms with Gasteiger partial charge in [0.2, 0.25) is 0 Å². The van der Waals surface area contributed by atoms with Gasteiger partial charge in [-0.1, -0.05) is 190 Å². The van der Waals surface area contributed by atoms with Gasteiger partial charge in [-0.2, -0.15) is 0 Å². The minimum absolute atomic E-state index is 0.00611. The van der Waals surface area contributed by atoms with Gasteiger partial charge in [0.05, 0.1) is 22.4 Å². The Hall–Kier alpha value is -5.30. The van der Waals surface area contributed by atoms with Gasteiger partial charge in [0.25, 0.3) is 0 Å². The summed E-state index contributed by atoms with van der Waals surface area (Å²) in [5.74, 6) is -0.633. The number of aryl methyl sites for hydroxylation is 2. The molecule has 3 aromatic heterocycles. The molecule has 1 aliphatic carbocycles. The Balaban J connectivity index is 1.06. The van der Waals surface area contributed by atoms with Crippen LogP contribution >= 0.6 is 22.7 Å². The van der Waals surface area contributed by atoms with Gasteiger partial charge in [0.15, 0.2) is 0 Å². The van der Waals surface area contributed by atoms with Crippen molar-refractivity contribution in [2.45, 2.75) is 174 Å². The first kappa shape index (κ1) is 52.6. The van der Waals surface area contributed by atoms with Gasteiger partial charge in [-0.25, -0.2) is 18.7 Å². The molecule has 0 N–H and O–H groups in total. The van der Waals surface area contributed by atoms with Crippen LogP contribution in [0.1, 0.15) is 177 Å². The second-order valence-electron chi connectivity index (χ2n) is 21.1. The predicted molar refractivity (Wildman–Crippen MR) is 311 cm³/mol. The van der Waals surface area contributed by atoms with Gasteiger partial charge in [-0.15, -0.1) is 22.7 Å². The Kier molecular flexibility index (Phi) is 18.2. The SMILES string of the molecule is CCCCCCCCCCCCC1(CCCCCCCCCCCC)c2cc(C)ccc2-c2ccc(-c3ccc(-c4ccc(-c5ccc(C)s5)c5nc(-c6ccc(F)cc6)c(-c6ccc(F)cc6)nc45)s3)cc21. The number of halogens is 2. The summed E-state index contributed by atoms with van der Waals surface area (Å²) in [7, 11) is 0. The first-order valence-corrected chi connectivity index (χ1v) is 29.7. The average molecular weight is 1010 g/mol. The van der Waals surface area contributed by atoms with E-state index in [0.29, 0.717) is 11.4 Å². The standard InChI is InChI=1S/C67H76F2N2S2/c1-5-7-9-11-13-15-17-19-21-23-43-67(44-24-22-20-18-16-14-12-10-8-6-2)58-45-47(3)25-36-54(58)55-37-31-51(46-59(55)67)60-41-42-62(73-60)57-39-38-56(61-40-26-48(4)72-61)65-66(57)71-64(50-29-34-53(69)35-30-50)63(70-65)49-27-32-52(68)33-28-49/h25-42,45-46H,5-24,43-44H2,1-4H3. The fourth-order valence-corrected chi connectivity index (χ4v) is 13.5. The number of nitrogens with zero attached hydrogens (tertiary/aromatic N) is 2. The van der Waals surface area contributed by atoms with Crippen molar-refractivity contribution in [1.29, 1.82) is 0 Å². The molecule has 0 saturated heterocycles. The van der Waals surface area contributed by atoms with Gasteiger partial charge in [-0.05, 0) is 133 Å². The molecule has 0 saturated carbocycles. The van der Waals surface area contributed by atoms with Crippen LogP contribution in [0.5, 0.6) is 0 Å². The Bertz CT molecular complexity index is 3030. The number of benzene rings is 5. The van der Waals surface area contributed by atoms with Crippen molar-refractivity contribution in [2.75, 3.05) is 0 Å². The van der Waals surface area contributed by atoms with Crippen molar-refractivity contribution in [3.8, 4) is 65.0 Å². The molecule has 3 heterocycles. The van der Waals surface area contributed by atoms with Gasteiger partial charge >= 0.3 is 0 Å². The molecule has 0 fully saturated rings. The summed E-state index contributed by atoms with van der Waals surface area (Å²) in [4.78, 5) is 15.6. The third-order valence-electron chi connectivity index (χ3n) is 15.7. The van der Waals surface area contributed by atoms with Crippen molar-refractivity contribution in [2.24, 2.45) is 0 Å². The lowest BCUT2D eigenvalue weighted by atomic mass is 9.70. The molecule has 0 radical (unpaired) electrons. The van der Waals surface area contributed by atoms with Crippen molar-refractivity contribution >= 4 is 33.7 Å². The molecule has 5 aromatic carbocycles. The topological polar surface area (TPSA) is 25.8 Å². The first-order valence-electron chi connectivity index (χ1n) is 28.1. The van der Waals surface area contributed by atoms with Crippen molar-refractivity contribution in [3.05, 3.63) is 155 Å². The van der Waals surface area contributed by atoms with Gasteiger partial charge in [0.1, 0.15) is 11.6 Å². The monoisotopic (exact) mass is 1010 g/mol. The Morgan fingerprint density at radius 3 is 1.26 bits per heavy atom. The zero-order valence-electron chi connectivity index (χ0n) is 44.1. The minimum Gasteiger partial charge on any atom is -0.243 e. The van der Waals surface area contributed by atoms with Gasteiger partial charge in [-0.3, -0.25) is 0 Å². The predicted octanol–water partition coefficient (Wildman–Crippen LogP) is 21.9. The van der Waals surface area contributed by atoms with Crippen molar-refractivity contribution in [3.63, 3.8) is 0 Å². The maximum atomic E-state index is 14.4. The Morgan fingerprint density at radius 1 is 0.384 bits per heavy atom. The van der Waals surface area contributed by atoms with Crippen LogP contribution in [0, 0.1) is 25.5 Å². The molecule has 0 spiro atoms. The molecule has 6 heteroatoms. The van der Waals surface area contributed by atoms with E-state index in [9.17, 15) is 8.78 Å². The number of fused-ring (bicyclic) bond motifs is 4. The highest BCUT2D eigenvalue weighted by Gasteiger charge is 2.42. The van der Waals surface area contributed by atoms with E-state index < -0.39 is 0 Å². The van der Waals surface area contributed by atoms with Crippen LogP contribution in [-0.2, 0) is 5.41 Å². The van der Waals surface area contributed by atoms with E-state index in [0.717, 1.165) is 43.0 Å². The maximum Gasteiger partial charge on any atom is 0.123 e. The summed E-state index contributed by atoms with van der Waals surface area (Å²) < 4.78 is 28.8. The zero-order chi connectivity index (χ0) is 50.6. The quantitative estimate of drug-likeness (QED) is 0.0480. The number of hydrogen-bond donors (Lipinski definition) is 0. The summed E-state index contributed by atoms with van der Waals surface area (Å²) in [6.07, 6.45) is 29.3. The fourth-order valence-electron chi connectivity index (χ4n) is 11.6. The number of aromatic nitrogens is 2. The lowest BCUT2D eigenvalue weighted by molar-refractivity contribution is 0.397. The second-order valence-corrected chi connectivity index (χ2v) is 23.5.